The van der Waals surface area contributed by atoms with Gasteiger partial charge in [0, 0.05) is 0 Å². The van der Waals surface area contributed by atoms with E-state index in [1.165, 1.54) is 0 Å². The zero-order chi connectivity index (χ0) is 50.0. The third-order valence-corrected chi connectivity index (χ3v) is 4830. The maximum atomic E-state index is 3.43. The van der Waals surface area contributed by atoms with Gasteiger partial charge in [-0.25, -0.2) is 0 Å². The molecule has 0 aliphatic heterocycles. The fourth-order valence-electron chi connectivity index (χ4n) is 0.905. The first-order valence-corrected chi connectivity index (χ1v) is 395. The molecule has 0 unspecified atom stereocenters. The second kappa shape index (κ2) is 65.2. The zero-order valence-corrected chi connectivity index (χ0v) is 158. The van der Waals surface area contributed by atoms with Crippen molar-refractivity contribution in [3.63, 3.8) is 0 Å². The normalized spacial score (nSPS) is 18.9. The molecule has 0 N–H and O–H groups in total. The van der Waals surface area contributed by atoms with Crippen LogP contribution >= 0.6 is 814 Å². The molecule has 0 radical (unpaired) electrons. The molecule has 0 aliphatic carbocycles. The summed E-state index contributed by atoms with van der Waals surface area (Å²) in [6.07, 6.45) is 0. The Morgan fingerprint density at radius 2 is 0.254 bits per heavy atom. The van der Waals surface area contributed by atoms with Gasteiger partial charge in [0.1, 0.15) is 0 Å². The average molecular weight is 7880 g/mol. The molecule has 0 aliphatic rings. The van der Waals surface area contributed by atoms with Crippen LogP contribution in [0.3, 0.4) is 0 Å². The second-order valence-electron chi connectivity index (χ2n) is 5.00. The third-order valence-electron chi connectivity index (χ3n) is 2.48. The molecule has 63 heavy (non-hydrogen) atoms. The Balaban J connectivity index is 5.69. The fraction of sp³-hybridized carbons (Fsp3) is 1.00. The van der Waals surface area contributed by atoms with Gasteiger partial charge in [-0.1, -0.05) is 0 Å². The Labute approximate surface area is 786 Å². The van der Waals surface area contributed by atoms with Gasteiger partial charge < -0.3 is 0 Å². The van der Waals surface area contributed by atoms with Crippen LogP contribution in [0.2, 0.25) is 0 Å². The Morgan fingerprint density at radius 1 is 0.159 bits per heavy atom. The van der Waals surface area contributed by atoms with Gasteiger partial charge in [0.05, 0.1) is 0 Å². The van der Waals surface area contributed by atoms with E-state index in [9.17, 15) is 0 Å². The molecule has 0 fully saturated rings. The Hall–Kier alpha value is 45.3. The van der Waals surface area contributed by atoms with Crippen LogP contribution in [-0.4, -0.2) is 4.93 Å². The van der Waals surface area contributed by atoms with Crippen molar-refractivity contribution < 1.29 is 17.2 Å². The first-order valence-electron chi connectivity index (χ1n) is 9.09. The molecule has 0 atom stereocenters. The number of rotatable bonds is 30. The van der Waals surface area contributed by atoms with Crippen LogP contribution in [0.4, 0.5) is 0 Å². The van der Waals surface area contributed by atoms with Gasteiger partial charge in [0.15, 0.2) is 0 Å². The van der Waals surface area contributed by atoms with Crippen molar-refractivity contribution >= 4 is 814 Å². The molecule has 0 amide bonds. The molecule has 0 aromatic rings. The van der Waals surface area contributed by atoms with Crippen LogP contribution in [0.15, 0.2) is 0 Å². The van der Waals surface area contributed by atoms with Crippen molar-refractivity contribution in [1.29, 1.82) is 0 Å². The first-order chi connectivity index (χ1) is 28.7. The minimum absolute atomic E-state index is 0.393. The molecule has 0 rings (SSSR count). The van der Waals surface area contributed by atoms with Gasteiger partial charge in [-0.05, 0) is 0 Å². The molecule has 0 nitrogen and oxygen atoms in total. The molecule has 0 spiro atoms. The molecule has 0 bridgehead atoms. The number of hydrogen-bond donors (Lipinski definition) is 0. The van der Waals surface area contributed by atoms with Crippen molar-refractivity contribution in [1.82, 2.24) is 0 Å². The summed E-state index contributed by atoms with van der Waals surface area (Å²) in [5, 5.41) is 0. The summed E-state index contributed by atoms with van der Waals surface area (Å²) in [5.41, 5.74) is 0. The van der Waals surface area contributed by atoms with Crippen LogP contribution in [0.5, 0.6) is 0 Å². The van der Waals surface area contributed by atoms with Gasteiger partial charge in [-0.2, -0.15) is 0 Å². The van der Waals surface area contributed by atoms with Crippen LogP contribution < -0.4 is 17.2 Å². The van der Waals surface area contributed by atoms with Crippen molar-refractivity contribution in [3.8, 4) is 0 Å². The van der Waals surface area contributed by atoms with E-state index in [0.29, 0.717) is 17.2 Å². The summed E-state index contributed by atoms with van der Waals surface area (Å²) >= 11 is 104. The second-order valence-corrected chi connectivity index (χ2v) is 1470. The van der Waals surface area contributed by atoms with Crippen molar-refractivity contribution in [2.45, 2.75) is 0 Å². The molecule has 0 aromatic carbocycles. The minimum atomic E-state index is -0.607. The van der Waals surface area contributed by atoms with E-state index in [1.54, 1.807) is 0 Å². The van der Waals surface area contributed by atoms with Crippen LogP contribution in [0, 0.1) is 0 Å². The van der Waals surface area contributed by atoms with Crippen molar-refractivity contribution in [3.05, 3.63) is 0 Å². The molecule has 442 valence electrons. The predicted octanol–water partition coefficient (Wildman–Crippen LogP) is 51.2. The summed E-state index contributed by atoms with van der Waals surface area (Å²) in [6.45, 7) is 0. The average Bonchev–Trinajstić information content (AvgIpc) is 3.28. The summed E-state index contributed by atoms with van der Waals surface area (Å²) in [4.78, 5) is 2.68. The first kappa shape index (κ1) is 108. The topological polar surface area (TPSA) is 0 Å². The number of alkyl halides is 1. The molecule has 0 aromatic heterocycles. The van der Waals surface area contributed by atoms with Crippen LogP contribution in [0.25, 0.3) is 0 Å². The van der Waals surface area contributed by atoms with Gasteiger partial charge in [-0.15, -0.1) is 0 Å². The van der Waals surface area contributed by atoms with E-state index >= 15 is 0 Å². The van der Waals surface area contributed by atoms with E-state index in [1.807, 2.05) is 0 Å². The quantitative estimate of drug-likeness (QED) is 0.0497. The Bertz CT molecular complexity index is 1190. The molecular weight excluding hydrogens is 7880 g/mol. The van der Waals surface area contributed by atoms with Crippen LogP contribution in [0.1, 0.15) is 0 Å². The SMILES string of the molecule is C[I-]I(I)I(I)I(I)I(I)I(I)I(I)I(I)I(I)I(I)I(I)I(I)I(I)I(I)I(I)I(I)I(I)I(I)I(I)I(I)I(I)I(I)I(I)I(I)I(I)I(I)I(I)I(I)I(I)I(I)I(I)I. The van der Waals surface area contributed by atoms with Crippen molar-refractivity contribution in [2.75, 3.05) is 4.93 Å². The third kappa shape index (κ3) is 44.6. The van der Waals surface area contributed by atoms with Crippen molar-refractivity contribution in [2.24, 2.45) is 0 Å². The fourth-order valence-corrected chi connectivity index (χ4v) is 11800. The standard InChI is InChI=1S/CH3I62/c1-33-35(4)37(6)39(8)41(10)43(12)45(14)47(16)49(18)51(20)53(22)55(24)57(26)59(28)61(30)63(32)62(31)60(29)58(27)56(25)54(23)52(21)50(19)48(17)46(15)44(13)42(11)40(9)38(7)36(5)34(2)3/h1H3/q-1. The van der Waals surface area contributed by atoms with Gasteiger partial charge in [0.25, 0.3) is 0 Å². The number of halogens is 62. The predicted molar refractivity (Wildman–Crippen MR) is 861 cm³/mol. The molecular formula is CH3I62-. The van der Waals surface area contributed by atoms with Gasteiger partial charge in [-0.3, -0.25) is 0 Å². The Morgan fingerprint density at radius 3 is 0.349 bits per heavy atom. The molecule has 0 heterocycles. The summed E-state index contributed by atoms with van der Waals surface area (Å²) in [5.74, 6) is 0. The summed E-state index contributed by atoms with van der Waals surface area (Å²) < 4.78 is 0. The molecule has 62 heteroatoms. The Kier molecular flexibility index (Phi) is 112. The summed E-state index contributed by atoms with van der Waals surface area (Å²) in [6, 6.07) is 0. The molecule has 0 saturated carbocycles. The molecule has 0 saturated heterocycles. The van der Waals surface area contributed by atoms with E-state index in [0.717, 1.165) is 0 Å². The van der Waals surface area contributed by atoms with Gasteiger partial charge in [0.2, 0.25) is 0 Å². The maximum absolute atomic E-state index is 3.43. The van der Waals surface area contributed by atoms with E-state index in [4.69, 9.17) is 0 Å². The monoisotopic (exact) mass is 7880 g/mol. The van der Waals surface area contributed by atoms with Gasteiger partial charge >= 0.3 is 836 Å². The number of hydrogen-bond acceptors (Lipinski definition) is 0. The van der Waals surface area contributed by atoms with E-state index < -0.39 is 237 Å². The van der Waals surface area contributed by atoms with E-state index in [-0.39, 0.29) is 0 Å². The van der Waals surface area contributed by atoms with E-state index in [2.05, 4.69) is 582 Å². The van der Waals surface area contributed by atoms with Crippen LogP contribution in [-0.2, 0) is 0 Å². The zero-order valence-electron chi connectivity index (χ0n) is 24.4. The summed E-state index contributed by atoms with van der Waals surface area (Å²) in [7, 11) is -16.7.